The highest BCUT2D eigenvalue weighted by Gasteiger charge is 2.27. The summed E-state index contributed by atoms with van der Waals surface area (Å²) in [6.45, 7) is 0.948. The second kappa shape index (κ2) is 8.29. The van der Waals surface area contributed by atoms with Crippen LogP contribution in [-0.4, -0.2) is 6.54 Å². The van der Waals surface area contributed by atoms with Crippen molar-refractivity contribution >= 4 is 11.4 Å². The number of nitrogens with zero attached hydrogens (tertiary/aromatic N) is 1. The first-order valence-corrected chi connectivity index (χ1v) is 12.6. The molecule has 0 saturated carbocycles. The maximum absolute atomic E-state index is 2.60. The molecule has 0 aromatic heterocycles. The van der Waals surface area contributed by atoms with Crippen LogP contribution in [0.2, 0.25) is 0 Å². The van der Waals surface area contributed by atoms with Crippen molar-refractivity contribution in [3.63, 3.8) is 0 Å². The van der Waals surface area contributed by atoms with E-state index in [1.54, 1.807) is 0 Å². The highest BCUT2D eigenvalue weighted by atomic mass is 15.1. The lowest BCUT2D eigenvalue weighted by Crippen LogP contribution is -2.22. The maximum Gasteiger partial charge on any atom is 0.0453 e. The number of hydrogen-bond acceptors (Lipinski definition) is 1. The molecule has 2 aliphatic carbocycles. The molecular formula is C34H27N. The number of benzene rings is 5. The van der Waals surface area contributed by atoms with Gasteiger partial charge in [-0.1, -0.05) is 103 Å². The molecule has 0 amide bonds. The summed E-state index contributed by atoms with van der Waals surface area (Å²) in [5.74, 6) is 0. The van der Waals surface area contributed by atoms with Gasteiger partial charge in [-0.05, 0) is 68.6 Å². The molecule has 0 radical (unpaired) electrons. The normalized spacial score (nSPS) is 12.6. The van der Waals surface area contributed by atoms with E-state index in [1.165, 1.54) is 61.4 Å². The van der Waals surface area contributed by atoms with Crippen LogP contribution in [-0.2, 0) is 19.3 Å². The summed E-state index contributed by atoms with van der Waals surface area (Å²) in [6, 6.07) is 42.4. The molecular weight excluding hydrogens is 422 g/mol. The summed E-state index contributed by atoms with van der Waals surface area (Å²) >= 11 is 0. The van der Waals surface area contributed by atoms with Gasteiger partial charge >= 0.3 is 0 Å². The van der Waals surface area contributed by atoms with Gasteiger partial charge in [-0.3, -0.25) is 0 Å². The SMILES string of the molecule is c1ccc(CCN(c2cccc3c2Cc2ccccc2-3)c2cccc3c2Cc2ccccc2-3)cc1. The lowest BCUT2D eigenvalue weighted by atomic mass is 10.0. The molecule has 1 heteroatoms. The maximum atomic E-state index is 2.60. The van der Waals surface area contributed by atoms with Gasteiger partial charge < -0.3 is 4.90 Å². The van der Waals surface area contributed by atoms with Crippen LogP contribution in [0.3, 0.4) is 0 Å². The molecule has 1 nitrogen and oxygen atoms in total. The van der Waals surface area contributed by atoms with Crippen LogP contribution in [0.25, 0.3) is 22.3 Å². The van der Waals surface area contributed by atoms with Crippen molar-refractivity contribution in [2.75, 3.05) is 11.4 Å². The van der Waals surface area contributed by atoms with Crippen LogP contribution in [0.5, 0.6) is 0 Å². The standard InChI is InChI=1S/C34H27N/c1-2-10-24(11-3-1)20-21-35(33-18-8-16-29-27-14-6-4-12-25(27)22-31(29)33)34-19-9-17-30-28-15-7-5-13-26(28)23-32(30)34/h1-19H,20-23H2. The van der Waals surface area contributed by atoms with Crippen molar-refractivity contribution in [2.45, 2.75) is 19.3 Å². The molecule has 0 saturated heterocycles. The average Bonchev–Trinajstić information content (AvgIpc) is 3.49. The van der Waals surface area contributed by atoms with Crippen molar-refractivity contribution < 1.29 is 0 Å². The van der Waals surface area contributed by atoms with Gasteiger partial charge in [0.15, 0.2) is 0 Å². The molecule has 0 fully saturated rings. The van der Waals surface area contributed by atoms with Gasteiger partial charge in [0, 0.05) is 30.8 Å². The summed E-state index contributed by atoms with van der Waals surface area (Å²) < 4.78 is 0. The first kappa shape index (κ1) is 20.3. The third kappa shape index (κ3) is 3.39. The Morgan fingerprint density at radius 3 is 1.51 bits per heavy atom. The zero-order valence-corrected chi connectivity index (χ0v) is 19.7. The third-order valence-electron chi connectivity index (χ3n) is 7.70. The Labute approximate surface area is 207 Å². The fourth-order valence-corrected chi connectivity index (χ4v) is 6.04. The minimum Gasteiger partial charge on any atom is -0.341 e. The molecule has 35 heavy (non-hydrogen) atoms. The predicted molar refractivity (Wildman–Crippen MR) is 147 cm³/mol. The summed E-state index contributed by atoms with van der Waals surface area (Å²) in [7, 11) is 0. The van der Waals surface area contributed by atoms with Crippen molar-refractivity contribution in [2.24, 2.45) is 0 Å². The molecule has 0 spiro atoms. The number of rotatable bonds is 5. The van der Waals surface area contributed by atoms with Crippen LogP contribution in [0, 0.1) is 0 Å². The molecule has 0 heterocycles. The molecule has 0 bridgehead atoms. The second-order valence-corrected chi connectivity index (χ2v) is 9.66. The van der Waals surface area contributed by atoms with E-state index >= 15 is 0 Å². The van der Waals surface area contributed by atoms with E-state index in [1.807, 2.05) is 0 Å². The van der Waals surface area contributed by atoms with Gasteiger partial charge in [0.25, 0.3) is 0 Å². The van der Waals surface area contributed by atoms with Crippen LogP contribution < -0.4 is 4.90 Å². The van der Waals surface area contributed by atoms with Gasteiger partial charge in [0.2, 0.25) is 0 Å². The quantitative estimate of drug-likeness (QED) is 0.256. The third-order valence-corrected chi connectivity index (χ3v) is 7.70. The van der Waals surface area contributed by atoms with Crippen molar-refractivity contribution in [3.8, 4) is 22.3 Å². The van der Waals surface area contributed by atoms with Crippen LogP contribution in [0.1, 0.15) is 27.8 Å². The van der Waals surface area contributed by atoms with Crippen LogP contribution in [0.4, 0.5) is 11.4 Å². The van der Waals surface area contributed by atoms with Crippen molar-refractivity contribution in [1.82, 2.24) is 0 Å². The molecule has 0 atom stereocenters. The summed E-state index contributed by atoms with van der Waals surface area (Å²) in [5, 5.41) is 0. The van der Waals surface area contributed by atoms with Gasteiger partial charge in [0.05, 0.1) is 0 Å². The Morgan fingerprint density at radius 1 is 0.457 bits per heavy atom. The monoisotopic (exact) mass is 449 g/mol. The summed E-state index contributed by atoms with van der Waals surface area (Å²) in [4.78, 5) is 2.60. The predicted octanol–water partition coefficient (Wildman–Crippen LogP) is 8.21. The molecule has 5 aromatic carbocycles. The number of hydrogen-bond donors (Lipinski definition) is 0. The Bertz CT molecular complexity index is 1450. The first-order valence-electron chi connectivity index (χ1n) is 12.6. The van der Waals surface area contributed by atoms with E-state index in [4.69, 9.17) is 0 Å². The van der Waals surface area contributed by atoms with E-state index < -0.39 is 0 Å². The highest BCUT2D eigenvalue weighted by molar-refractivity contribution is 5.88. The molecule has 168 valence electrons. The van der Waals surface area contributed by atoms with E-state index in [2.05, 4.69) is 120 Å². The first-order chi connectivity index (χ1) is 17.4. The minimum absolute atomic E-state index is 0.948. The van der Waals surface area contributed by atoms with Crippen LogP contribution in [0.15, 0.2) is 115 Å². The fraction of sp³-hybridized carbons (Fsp3) is 0.118. The fourth-order valence-electron chi connectivity index (χ4n) is 6.04. The Hall–Kier alpha value is -4.10. The lowest BCUT2D eigenvalue weighted by Gasteiger charge is -2.29. The smallest absolute Gasteiger partial charge is 0.0453 e. The summed E-state index contributed by atoms with van der Waals surface area (Å²) in [6.07, 6.45) is 3.01. The molecule has 0 aliphatic heterocycles. The Balaban J connectivity index is 1.36. The van der Waals surface area contributed by atoms with Gasteiger partial charge in [-0.15, -0.1) is 0 Å². The molecule has 0 N–H and O–H groups in total. The second-order valence-electron chi connectivity index (χ2n) is 9.66. The zero-order chi connectivity index (χ0) is 23.2. The Kier molecular flexibility index (Phi) is 4.80. The van der Waals surface area contributed by atoms with Crippen molar-refractivity contribution in [1.29, 1.82) is 0 Å². The van der Waals surface area contributed by atoms with E-state index in [9.17, 15) is 0 Å². The number of anilines is 2. The van der Waals surface area contributed by atoms with Gasteiger partial charge in [0.1, 0.15) is 0 Å². The lowest BCUT2D eigenvalue weighted by molar-refractivity contribution is 0.903. The molecule has 5 aromatic rings. The van der Waals surface area contributed by atoms with Crippen LogP contribution >= 0.6 is 0 Å². The van der Waals surface area contributed by atoms with Crippen molar-refractivity contribution in [3.05, 3.63) is 143 Å². The molecule has 0 unspecified atom stereocenters. The zero-order valence-electron chi connectivity index (χ0n) is 19.7. The van der Waals surface area contributed by atoms with E-state index in [0.29, 0.717) is 0 Å². The van der Waals surface area contributed by atoms with E-state index in [0.717, 1.165) is 25.8 Å². The van der Waals surface area contributed by atoms with E-state index in [-0.39, 0.29) is 0 Å². The topological polar surface area (TPSA) is 3.24 Å². The number of fused-ring (bicyclic) bond motifs is 6. The minimum atomic E-state index is 0.948. The Morgan fingerprint density at radius 2 is 0.943 bits per heavy atom. The molecule has 7 rings (SSSR count). The van der Waals surface area contributed by atoms with Gasteiger partial charge in [-0.2, -0.15) is 0 Å². The largest absolute Gasteiger partial charge is 0.341 e. The summed E-state index contributed by atoms with van der Waals surface area (Å²) in [5.41, 5.74) is 15.4. The van der Waals surface area contributed by atoms with Gasteiger partial charge in [-0.25, -0.2) is 0 Å². The average molecular weight is 450 g/mol. The highest BCUT2D eigenvalue weighted by Crippen LogP contribution is 2.46. The molecule has 2 aliphatic rings.